The third kappa shape index (κ3) is 3.21. The second-order valence-electron chi connectivity index (χ2n) is 7.41. The number of rotatable bonds is 3. The van der Waals surface area contributed by atoms with Gasteiger partial charge in [-0.2, -0.15) is 5.10 Å². The molecular weight excluding hydrogens is 338 g/mol. The average Bonchev–Trinajstić information content (AvgIpc) is 3.39. The van der Waals surface area contributed by atoms with E-state index >= 15 is 0 Å². The molecule has 2 aromatic heterocycles. The first-order valence-electron chi connectivity index (χ1n) is 9.64. The van der Waals surface area contributed by atoms with Crippen molar-refractivity contribution in [3.8, 4) is 16.9 Å². The number of hydrogen-bond acceptors (Lipinski definition) is 5. The molecule has 1 aromatic carbocycles. The van der Waals surface area contributed by atoms with Crippen LogP contribution in [0.3, 0.4) is 0 Å². The molecule has 3 aromatic rings. The fourth-order valence-corrected chi connectivity index (χ4v) is 4.18. The number of ether oxygens (including phenoxy) is 1. The molecule has 138 valence electrons. The molecule has 0 N–H and O–H groups in total. The lowest BCUT2D eigenvalue weighted by Crippen LogP contribution is -2.51. The molecule has 0 radical (unpaired) electrons. The van der Waals surface area contributed by atoms with Gasteiger partial charge in [-0.1, -0.05) is 31.0 Å². The molecule has 1 saturated heterocycles. The SMILES string of the molecule is c1ccc(-n2cc(-c3ccnc(N4CCOC5(CCCC5)C4)n3)cn2)cc1. The lowest BCUT2D eigenvalue weighted by molar-refractivity contribution is -0.0505. The van der Waals surface area contributed by atoms with Crippen LogP contribution in [0.1, 0.15) is 25.7 Å². The van der Waals surface area contributed by atoms with E-state index in [1.807, 2.05) is 59.7 Å². The summed E-state index contributed by atoms with van der Waals surface area (Å²) in [7, 11) is 0. The first-order chi connectivity index (χ1) is 13.3. The summed E-state index contributed by atoms with van der Waals surface area (Å²) in [4.78, 5) is 11.7. The zero-order chi connectivity index (χ0) is 18.1. The lowest BCUT2D eigenvalue weighted by atomic mass is 10.00. The van der Waals surface area contributed by atoms with Crippen molar-refractivity contribution in [2.45, 2.75) is 31.3 Å². The van der Waals surface area contributed by atoms with Crippen LogP contribution >= 0.6 is 0 Å². The van der Waals surface area contributed by atoms with Gasteiger partial charge in [0.05, 0.1) is 29.8 Å². The number of anilines is 1. The third-order valence-corrected chi connectivity index (χ3v) is 5.59. The van der Waals surface area contributed by atoms with Gasteiger partial charge in [-0.3, -0.25) is 0 Å². The Morgan fingerprint density at radius 3 is 2.74 bits per heavy atom. The highest BCUT2D eigenvalue weighted by Gasteiger charge is 2.39. The second-order valence-corrected chi connectivity index (χ2v) is 7.41. The summed E-state index contributed by atoms with van der Waals surface area (Å²) in [5.74, 6) is 0.787. The van der Waals surface area contributed by atoms with Crippen LogP contribution in [-0.4, -0.2) is 45.0 Å². The molecule has 2 fully saturated rings. The number of hydrogen-bond donors (Lipinski definition) is 0. The van der Waals surface area contributed by atoms with Gasteiger partial charge in [0.2, 0.25) is 5.95 Å². The zero-order valence-corrected chi connectivity index (χ0v) is 15.3. The predicted molar refractivity (Wildman–Crippen MR) is 104 cm³/mol. The maximum atomic E-state index is 6.13. The molecular formula is C21H23N5O. The van der Waals surface area contributed by atoms with Crippen molar-refractivity contribution in [1.29, 1.82) is 0 Å². The van der Waals surface area contributed by atoms with Crippen LogP contribution in [0.25, 0.3) is 16.9 Å². The van der Waals surface area contributed by atoms with Crippen LogP contribution in [0.4, 0.5) is 5.95 Å². The van der Waals surface area contributed by atoms with Gasteiger partial charge in [-0.15, -0.1) is 0 Å². The molecule has 1 aliphatic heterocycles. The Labute approximate surface area is 158 Å². The average molecular weight is 361 g/mol. The Balaban J connectivity index is 1.40. The summed E-state index contributed by atoms with van der Waals surface area (Å²) < 4.78 is 8.01. The Kier molecular flexibility index (Phi) is 4.13. The summed E-state index contributed by atoms with van der Waals surface area (Å²) >= 11 is 0. The Hall–Kier alpha value is -2.73. The lowest BCUT2D eigenvalue weighted by Gasteiger charge is -2.40. The topological polar surface area (TPSA) is 56.1 Å². The van der Waals surface area contributed by atoms with Crippen molar-refractivity contribution in [2.24, 2.45) is 0 Å². The van der Waals surface area contributed by atoms with Crippen molar-refractivity contribution in [3.05, 3.63) is 55.0 Å². The minimum Gasteiger partial charge on any atom is -0.371 e. The first-order valence-corrected chi connectivity index (χ1v) is 9.64. The largest absolute Gasteiger partial charge is 0.371 e. The molecule has 6 nitrogen and oxygen atoms in total. The van der Waals surface area contributed by atoms with Crippen LogP contribution in [0.15, 0.2) is 55.0 Å². The highest BCUT2D eigenvalue weighted by molar-refractivity contribution is 5.59. The maximum absolute atomic E-state index is 6.13. The summed E-state index contributed by atoms with van der Waals surface area (Å²) in [6, 6.07) is 12.0. The van der Waals surface area contributed by atoms with Crippen molar-refractivity contribution in [1.82, 2.24) is 19.7 Å². The number of nitrogens with zero attached hydrogens (tertiary/aromatic N) is 5. The molecule has 0 unspecified atom stereocenters. The Bertz CT molecular complexity index is 917. The standard InChI is InChI=1S/C21H23N5O/c1-2-6-18(7-3-1)26-15-17(14-23-26)19-8-11-22-20(24-19)25-12-13-27-21(16-25)9-4-5-10-21/h1-3,6-8,11,14-15H,4-5,9-10,12-13,16H2. The van der Waals surface area contributed by atoms with Crippen LogP contribution in [0, 0.1) is 0 Å². The van der Waals surface area contributed by atoms with Gasteiger partial charge >= 0.3 is 0 Å². The van der Waals surface area contributed by atoms with Crippen molar-refractivity contribution in [3.63, 3.8) is 0 Å². The van der Waals surface area contributed by atoms with E-state index in [4.69, 9.17) is 9.72 Å². The highest BCUT2D eigenvalue weighted by Crippen LogP contribution is 2.36. The minimum atomic E-state index is 0.00973. The van der Waals surface area contributed by atoms with E-state index in [0.29, 0.717) is 0 Å². The normalized spacial score (nSPS) is 18.9. The number of morpholine rings is 1. The van der Waals surface area contributed by atoms with Crippen LogP contribution in [0.5, 0.6) is 0 Å². The van der Waals surface area contributed by atoms with Crippen LogP contribution in [-0.2, 0) is 4.74 Å². The fourth-order valence-electron chi connectivity index (χ4n) is 4.18. The smallest absolute Gasteiger partial charge is 0.226 e. The third-order valence-electron chi connectivity index (χ3n) is 5.59. The fraction of sp³-hybridized carbons (Fsp3) is 0.381. The van der Waals surface area contributed by atoms with Crippen molar-refractivity contribution < 1.29 is 4.74 Å². The van der Waals surface area contributed by atoms with E-state index < -0.39 is 0 Å². The Morgan fingerprint density at radius 2 is 1.89 bits per heavy atom. The first kappa shape index (κ1) is 16.4. The van der Waals surface area contributed by atoms with Gasteiger partial charge in [0.15, 0.2) is 0 Å². The highest BCUT2D eigenvalue weighted by atomic mass is 16.5. The minimum absolute atomic E-state index is 0.00973. The number of para-hydroxylation sites is 1. The van der Waals surface area contributed by atoms with E-state index in [0.717, 1.165) is 55.4 Å². The van der Waals surface area contributed by atoms with Gasteiger partial charge in [-0.25, -0.2) is 14.6 Å². The summed E-state index contributed by atoms with van der Waals surface area (Å²) in [5, 5.41) is 4.49. The molecule has 6 heteroatoms. The Morgan fingerprint density at radius 1 is 1.04 bits per heavy atom. The van der Waals surface area contributed by atoms with E-state index in [9.17, 15) is 0 Å². The maximum Gasteiger partial charge on any atom is 0.226 e. The molecule has 0 amide bonds. The molecule has 2 aliphatic rings. The molecule has 1 saturated carbocycles. The van der Waals surface area contributed by atoms with Crippen molar-refractivity contribution >= 4 is 5.95 Å². The van der Waals surface area contributed by atoms with Crippen molar-refractivity contribution in [2.75, 3.05) is 24.6 Å². The number of aromatic nitrogens is 4. The molecule has 0 bridgehead atoms. The summed E-state index contributed by atoms with van der Waals surface area (Å²) in [6.45, 7) is 2.48. The quantitative estimate of drug-likeness (QED) is 0.715. The van der Waals surface area contributed by atoms with Gasteiger partial charge in [-0.05, 0) is 31.0 Å². The van der Waals surface area contributed by atoms with Gasteiger partial charge in [0.1, 0.15) is 0 Å². The molecule has 1 spiro atoms. The summed E-state index contributed by atoms with van der Waals surface area (Å²) in [6.07, 6.45) is 10.5. The van der Waals surface area contributed by atoms with Gasteiger partial charge < -0.3 is 9.64 Å². The van der Waals surface area contributed by atoms with Gasteiger partial charge in [0.25, 0.3) is 0 Å². The monoisotopic (exact) mass is 361 g/mol. The summed E-state index contributed by atoms with van der Waals surface area (Å²) in [5.41, 5.74) is 2.94. The van der Waals surface area contributed by atoms with Gasteiger partial charge in [0, 0.05) is 31.0 Å². The molecule has 27 heavy (non-hydrogen) atoms. The van der Waals surface area contributed by atoms with E-state index in [2.05, 4.69) is 15.0 Å². The predicted octanol–water partition coefficient (Wildman–Crippen LogP) is 3.48. The zero-order valence-electron chi connectivity index (χ0n) is 15.3. The second kappa shape index (κ2) is 6.78. The van der Waals surface area contributed by atoms with E-state index in [-0.39, 0.29) is 5.60 Å². The van der Waals surface area contributed by atoms with E-state index in [1.54, 1.807) is 0 Å². The van der Waals surface area contributed by atoms with E-state index in [1.165, 1.54) is 12.8 Å². The molecule has 1 aliphatic carbocycles. The molecule has 5 rings (SSSR count). The van der Waals surface area contributed by atoms with Crippen LogP contribution < -0.4 is 4.90 Å². The van der Waals surface area contributed by atoms with Crippen LogP contribution in [0.2, 0.25) is 0 Å². The number of benzene rings is 1. The molecule has 3 heterocycles. The molecule has 0 atom stereocenters.